The molecule has 2 amide bonds. The van der Waals surface area contributed by atoms with Gasteiger partial charge in [0.25, 0.3) is 0 Å². The average molecular weight is 365 g/mol. The van der Waals surface area contributed by atoms with E-state index in [1.54, 1.807) is 17.0 Å². The molecule has 2 aromatic rings. The molecule has 1 aromatic carbocycles. The Hall–Kier alpha value is -1.99. The first-order valence-electron chi connectivity index (χ1n) is 7.67. The summed E-state index contributed by atoms with van der Waals surface area (Å²) in [6, 6.07) is 5.41. The summed E-state index contributed by atoms with van der Waals surface area (Å²) in [5, 5.41) is 12.6. The highest BCUT2D eigenvalue weighted by Crippen LogP contribution is 2.30. The van der Waals surface area contributed by atoms with Gasteiger partial charge in [0, 0.05) is 23.7 Å². The third-order valence-corrected chi connectivity index (χ3v) is 5.18. The molecule has 2 heterocycles. The largest absolute Gasteiger partial charge is 0.311 e. The second kappa shape index (κ2) is 6.86. The number of anilines is 2. The van der Waals surface area contributed by atoms with Gasteiger partial charge in [-0.25, -0.2) is 0 Å². The van der Waals surface area contributed by atoms with E-state index in [0.717, 1.165) is 22.7 Å². The second-order valence-corrected chi connectivity index (χ2v) is 7.18. The van der Waals surface area contributed by atoms with Gasteiger partial charge in [0.1, 0.15) is 5.01 Å². The van der Waals surface area contributed by atoms with Crippen LogP contribution in [-0.4, -0.2) is 28.6 Å². The molecule has 6 nitrogen and oxygen atoms in total. The van der Waals surface area contributed by atoms with Crippen LogP contribution in [0.2, 0.25) is 5.02 Å². The molecule has 8 heteroatoms. The van der Waals surface area contributed by atoms with Crippen molar-refractivity contribution in [3.63, 3.8) is 0 Å². The summed E-state index contributed by atoms with van der Waals surface area (Å²) in [5.74, 6) is -0.693. The first kappa shape index (κ1) is 16.9. The van der Waals surface area contributed by atoms with Crippen molar-refractivity contribution < 1.29 is 9.59 Å². The lowest BCUT2D eigenvalue weighted by Gasteiger charge is -2.19. The molecule has 1 N–H and O–H groups in total. The Morgan fingerprint density at radius 2 is 2.25 bits per heavy atom. The van der Waals surface area contributed by atoms with Gasteiger partial charge in [-0.05, 0) is 31.0 Å². The van der Waals surface area contributed by atoms with E-state index >= 15 is 0 Å². The molecule has 0 bridgehead atoms. The summed E-state index contributed by atoms with van der Waals surface area (Å²) in [6.45, 7) is 4.23. The quantitative estimate of drug-likeness (QED) is 0.904. The number of halogens is 1. The van der Waals surface area contributed by atoms with Gasteiger partial charge in [-0.2, -0.15) is 0 Å². The topological polar surface area (TPSA) is 75.2 Å². The molecule has 1 aliphatic heterocycles. The standard InChI is InChI=1S/C16H17ClN4O2S/c1-3-13-19-20-16(24-13)18-15(23)10-6-14(22)21(8-10)12-7-11(17)5-4-9(12)2/h4-5,7,10H,3,6,8H2,1-2H3,(H,18,20,23)/t10-/m1/s1. The lowest BCUT2D eigenvalue weighted by Crippen LogP contribution is -2.28. The number of rotatable bonds is 4. The number of hydrogen-bond donors (Lipinski definition) is 1. The number of nitrogens with one attached hydrogen (secondary N) is 1. The Labute approximate surface area is 148 Å². The summed E-state index contributed by atoms with van der Waals surface area (Å²) in [5.41, 5.74) is 1.71. The van der Waals surface area contributed by atoms with Gasteiger partial charge in [0.15, 0.2) is 0 Å². The van der Waals surface area contributed by atoms with Gasteiger partial charge < -0.3 is 10.2 Å². The fourth-order valence-electron chi connectivity index (χ4n) is 2.64. The average Bonchev–Trinajstić information content (AvgIpc) is 3.16. The number of carbonyl (C=O) groups excluding carboxylic acids is 2. The summed E-state index contributed by atoms with van der Waals surface area (Å²) in [7, 11) is 0. The van der Waals surface area contributed by atoms with Crippen molar-refractivity contribution in [1.82, 2.24) is 10.2 Å². The van der Waals surface area contributed by atoms with E-state index in [2.05, 4.69) is 15.5 Å². The number of hydrogen-bond acceptors (Lipinski definition) is 5. The van der Waals surface area contributed by atoms with Gasteiger partial charge in [0.05, 0.1) is 5.92 Å². The number of aromatic nitrogens is 2. The molecule has 1 aliphatic rings. The van der Waals surface area contributed by atoms with E-state index in [9.17, 15) is 9.59 Å². The van der Waals surface area contributed by atoms with Crippen molar-refractivity contribution >= 4 is 45.6 Å². The van der Waals surface area contributed by atoms with Crippen molar-refractivity contribution in [2.24, 2.45) is 5.92 Å². The summed E-state index contributed by atoms with van der Waals surface area (Å²) in [6.07, 6.45) is 0.953. The summed E-state index contributed by atoms with van der Waals surface area (Å²) in [4.78, 5) is 26.4. The van der Waals surface area contributed by atoms with Crippen molar-refractivity contribution in [3.05, 3.63) is 33.8 Å². The van der Waals surface area contributed by atoms with Crippen molar-refractivity contribution in [1.29, 1.82) is 0 Å². The van der Waals surface area contributed by atoms with E-state index in [-0.39, 0.29) is 18.2 Å². The Morgan fingerprint density at radius 1 is 1.46 bits per heavy atom. The molecule has 0 aliphatic carbocycles. The van der Waals surface area contributed by atoms with Crippen molar-refractivity contribution in [2.45, 2.75) is 26.7 Å². The highest BCUT2D eigenvalue weighted by molar-refractivity contribution is 7.15. The normalized spacial score (nSPS) is 17.4. The fourth-order valence-corrected chi connectivity index (χ4v) is 3.49. The molecule has 3 rings (SSSR count). The first-order valence-corrected chi connectivity index (χ1v) is 8.87. The van der Waals surface area contributed by atoms with Gasteiger partial charge >= 0.3 is 0 Å². The van der Waals surface area contributed by atoms with Crippen LogP contribution in [0.15, 0.2) is 18.2 Å². The molecule has 0 unspecified atom stereocenters. The Balaban J connectivity index is 1.72. The van der Waals surface area contributed by atoms with Gasteiger partial charge in [0.2, 0.25) is 16.9 Å². The van der Waals surface area contributed by atoms with E-state index < -0.39 is 5.92 Å². The number of benzene rings is 1. The molecular formula is C16H17ClN4O2S. The van der Waals surface area contributed by atoms with E-state index in [1.165, 1.54) is 11.3 Å². The highest BCUT2D eigenvalue weighted by Gasteiger charge is 2.36. The predicted molar refractivity (Wildman–Crippen MR) is 94.6 cm³/mol. The molecule has 0 spiro atoms. The lowest BCUT2D eigenvalue weighted by atomic mass is 10.1. The smallest absolute Gasteiger partial charge is 0.231 e. The van der Waals surface area contributed by atoms with Crippen LogP contribution in [0.25, 0.3) is 0 Å². The van der Waals surface area contributed by atoms with Crippen LogP contribution < -0.4 is 10.2 Å². The van der Waals surface area contributed by atoms with Crippen molar-refractivity contribution in [3.8, 4) is 0 Å². The lowest BCUT2D eigenvalue weighted by molar-refractivity contribution is -0.122. The van der Waals surface area contributed by atoms with Crippen LogP contribution in [0.5, 0.6) is 0 Å². The molecule has 24 heavy (non-hydrogen) atoms. The van der Waals surface area contributed by atoms with Crippen LogP contribution >= 0.6 is 22.9 Å². The second-order valence-electron chi connectivity index (χ2n) is 5.68. The highest BCUT2D eigenvalue weighted by atomic mass is 35.5. The Morgan fingerprint density at radius 3 is 2.96 bits per heavy atom. The maximum Gasteiger partial charge on any atom is 0.231 e. The zero-order valence-electron chi connectivity index (χ0n) is 13.4. The number of carbonyl (C=O) groups is 2. The van der Waals surface area contributed by atoms with Gasteiger partial charge in [-0.3, -0.25) is 9.59 Å². The van der Waals surface area contributed by atoms with E-state index in [4.69, 9.17) is 11.6 Å². The Kier molecular flexibility index (Phi) is 4.82. The maximum absolute atomic E-state index is 12.4. The SMILES string of the molecule is CCc1nnc(NC(=O)[C@@H]2CC(=O)N(c3cc(Cl)ccc3C)C2)s1. The molecule has 1 fully saturated rings. The molecule has 0 saturated carbocycles. The summed E-state index contributed by atoms with van der Waals surface area (Å²) < 4.78 is 0. The molecule has 0 radical (unpaired) electrons. The van der Waals surface area contributed by atoms with Crippen LogP contribution in [0.3, 0.4) is 0 Å². The summed E-state index contributed by atoms with van der Waals surface area (Å²) >= 11 is 7.39. The number of amides is 2. The number of nitrogens with zero attached hydrogens (tertiary/aromatic N) is 3. The van der Waals surface area contributed by atoms with Crippen LogP contribution in [0.4, 0.5) is 10.8 Å². The fraction of sp³-hybridized carbons (Fsp3) is 0.375. The minimum atomic E-state index is -0.412. The third kappa shape index (κ3) is 3.42. The zero-order valence-corrected chi connectivity index (χ0v) is 14.9. The van der Waals surface area contributed by atoms with E-state index in [0.29, 0.717) is 16.7 Å². The molecule has 1 saturated heterocycles. The van der Waals surface area contributed by atoms with Crippen LogP contribution in [-0.2, 0) is 16.0 Å². The maximum atomic E-state index is 12.4. The monoisotopic (exact) mass is 364 g/mol. The zero-order chi connectivity index (χ0) is 17.3. The minimum absolute atomic E-state index is 0.0768. The van der Waals surface area contributed by atoms with E-state index in [1.807, 2.05) is 19.9 Å². The molecular weight excluding hydrogens is 348 g/mol. The van der Waals surface area contributed by atoms with Crippen LogP contribution in [0, 0.1) is 12.8 Å². The number of aryl methyl sites for hydroxylation is 2. The van der Waals surface area contributed by atoms with Crippen LogP contribution in [0.1, 0.15) is 23.9 Å². The first-order chi connectivity index (χ1) is 11.5. The predicted octanol–water partition coefficient (Wildman–Crippen LogP) is 3.05. The minimum Gasteiger partial charge on any atom is -0.311 e. The molecule has 1 atom stereocenters. The van der Waals surface area contributed by atoms with Gasteiger partial charge in [-0.15, -0.1) is 10.2 Å². The van der Waals surface area contributed by atoms with Gasteiger partial charge in [-0.1, -0.05) is 35.9 Å². The Bertz CT molecular complexity index is 792. The molecule has 126 valence electrons. The third-order valence-electron chi connectivity index (χ3n) is 3.96. The van der Waals surface area contributed by atoms with Crippen molar-refractivity contribution in [2.75, 3.05) is 16.8 Å². The molecule has 1 aromatic heterocycles.